The summed E-state index contributed by atoms with van der Waals surface area (Å²) < 4.78 is 5.75. The van der Waals surface area contributed by atoms with Crippen molar-refractivity contribution in [1.29, 1.82) is 0 Å². The van der Waals surface area contributed by atoms with Crippen LogP contribution in [0, 0.1) is 0 Å². The molecule has 0 aliphatic heterocycles. The zero-order valence-corrected chi connectivity index (χ0v) is 31.3. The summed E-state index contributed by atoms with van der Waals surface area (Å²) in [5, 5.41) is 8.65. The Labute approximate surface area is 297 Å². The normalized spacial score (nSPS) is 13.0. The quantitative estimate of drug-likeness (QED) is 0.0415. The maximum Gasteiger partial charge on any atom is 0.306 e. The lowest BCUT2D eigenvalue weighted by Gasteiger charge is -2.16. The molecule has 274 valence electrons. The summed E-state index contributed by atoms with van der Waals surface area (Å²) in [4.78, 5) is 22.8. The molecular weight excluding hydrogens is 592 g/mol. The highest BCUT2D eigenvalue weighted by molar-refractivity contribution is 5.69. The van der Waals surface area contributed by atoms with Crippen LogP contribution in [-0.2, 0) is 14.3 Å². The van der Waals surface area contributed by atoms with E-state index in [9.17, 15) is 9.59 Å². The number of aliphatic carboxylic acids is 1. The number of carboxylic acid groups (broad SMARTS) is 1. The molecule has 0 bridgehead atoms. The molecule has 0 aromatic carbocycles. The minimum atomic E-state index is -0.667. The fraction of sp³-hybridized carbons (Fsp3) is 0.682. The Balaban J connectivity index is 3.59. The van der Waals surface area contributed by atoms with Crippen LogP contribution in [0.25, 0.3) is 0 Å². The second kappa shape index (κ2) is 38.8. The van der Waals surface area contributed by atoms with Gasteiger partial charge in [-0.05, 0) is 70.6 Å². The summed E-state index contributed by atoms with van der Waals surface area (Å²) in [5.41, 5.74) is 0. The van der Waals surface area contributed by atoms with Crippen LogP contribution >= 0.6 is 0 Å². The summed E-state index contributed by atoms with van der Waals surface area (Å²) in [5.74, 6) is -0.728. The molecule has 0 spiro atoms. The molecule has 0 radical (unpaired) electrons. The van der Waals surface area contributed by atoms with E-state index in [0.717, 1.165) is 77.0 Å². The molecule has 0 saturated heterocycles. The smallest absolute Gasteiger partial charge is 0.306 e. The number of allylic oxidation sites excluding steroid dienone is 12. The molecule has 0 aliphatic rings. The Morgan fingerprint density at radius 2 is 0.833 bits per heavy atom. The summed E-state index contributed by atoms with van der Waals surface area (Å²) in [6.45, 7) is 4.28. The van der Waals surface area contributed by atoms with Crippen LogP contribution in [-0.4, -0.2) is 23.1 Å². The van der Waals surface area contributed by atoms with Gasteiger partial charge in [0.25, 0.3) is 0 Å². The third-order valence-electron chi connectivity index (χ3n) is 8.53. The van der Waals surface area contributed by atoms with Crippen molar-refractivity contribution in [1.82, 2.24) is 0 Å². The number of carbonyl (C=O) groups excluding carboxylic acids is 1. The summed E-state index contributed by atoms with van der Waals surface area (Å²) in [6.07, 6.45) is 55.9. The molecular formula is C44H74O4. The monoisotopic (exact) mass is 667 g/mol. The van der Waals surface area contributed by atoms with Gasteiger partial charge in [0.05, 0.1) is 0 Å². The highest BCUT2D eigenvalue weighted by Gasteiger charge is 2.11. The van der Waals surface area contributed by atoms with Crippen LogP contribution in [0.4, 0.5) is 0 Å². The van der Waals surface area contributed by atoms with Crippen molar-refractivity contribution in [2.24, 2.45) is 0 Å². The molecule has 48 heavy (non-hydrogen) atoms. The van der Waals surface area contributed by atoms with Gasteiger partial charge in [-0.25, -0.2) is 0 Å². The first-order valence-electron chi connectivity index (χ1n) is 19.9. The van der Waals surface area contributed by atoms with Gasteiger partial charge in [-0.3, -0.25) is 9.59 Å². The minimum Gasteiger partial charge on any atom is -0.481 e. The Kier molecular flexibility index (Phi) is 36.7. The number of carbonyl (C=O) groups is 2. The summed E-state index contributed by atoms with van der Waals surface area (Å²) in [7, 11) is 0. The first-order valence-corrected chi connectivity index (χ1v) is 19.9. The van der Waals surface area contributed by atoms with Crippen molar-refractivity contribution in [3.63, 3.8) is 0 Å². The van der Waals surface area contributed by atoms with Crippen LogP contribution in [0.3, 0.4) is 0 Å². The summed E-state index contributed by atoms with van der Waals surface area (Å²) >= 11 is 0. The average Bonchev–Trinajstić information content (AvgIpc) is 3.08. The van der Waals surface area contributed by atoms with E-state index >= 15 is 0 Å². The van der Waals surface area contributed by atoms with Crippen LogP contribution in [0.2, 0.25) is 0 Å². The number of unbranched alkanes of at least 4 members (excludes halogenated alkanes) is 15. The van der Waals surface area contributed by atoms with E-state index in [1.165, 1.54) is 83.5 Å². The molecule has 0 aromatic rings. The second-order valence-corrected chi connectivity index (χ2v) is 13.1. The van der Waals surface area contributed by atoms with Crippen molar-refractivity contribution in [2.75, 3.05) is 0 Å². The number of ether oxygens (including phenoxy) is 1. The minimum absolute atomic E-state index is 0.0608. The average molecular weight is 667 g/mol. The van der Waals surface area contributed by atoms with Crippen molar-refractivity contribution >= 4 is 11.9 Å². The molecule has 0 aromatic heterocycles. The Bertz CT molecular complexity index is 892. The molecule has 1 N–H and O–H groups in total. The maximum atomic E-state index is 12.3. The lowest BCUT2D eigenvalue weighted by molar-refractivity contribution is -0.149. The van der Waals surface area contributed by atoms with Gasteiger partial charge in [0, 0.05) is 12.8 Å². The van der Waals surface area contributed by atoms with Gasteiger partial charge < -0.3 is 9.84 Å². The van der Waals surface area contributed by atoms with E-state index in [1.54, 1.807) is 0 Å². The van der Waals surface area contributed by atoms with E-state index in [4.69, 9.17) is 9.84 Å². The number of hydrogen-bond acceptors (Lipinski definition) is 3. The molecule has 0 fully saturated rings. The van der Waals surface area contributed by atoms with Gasteiger partial charge in [0.1, 0.15) is 6.10 Å². The second-order valence-electron chi connectivity index (χ2n) is 13.1. The standard InChI is InChI=1S/C44H74O4/c1-3-5-6-7-8-9-10-11-12-13-14-15-20-23-26-29-32-35-38-41-44(47)48-42(4-2)39-36-33-30-27-24-21-18-16-17-19-22-25-28-31-34-37-40-43(45)46/h5-6,8-9,11-12,14-15,23,26,32,35,42H,3-4,7,10,13,16-22,24-25,27-31,33-34,36-41H2,1-2H3,(H,45,46)/b6-5-,9-8-,12-11-,15-14-,26-23-,35-32-. The Morgan fingerprint density at radius 3 is 1.21 bits per heavy atom. The van der Waals surface area contributed by atoms with Gasteiger partial charge in [-0.15, -0.1) is 0 Å². The van der Waals surface area contributed by atoms with Crippen LogP contribution in [0.1, 0.15) is 187 Å². The number of rotatable bonds is 35. The number of carboxylic acids is 1. The van der Waals surface area contributed by atoms with Crippen molar-refractivity contribution in [3.8, 4) is 0 Å². The molecule has 1 atom stereocenters. The zero-order valence-electron chi connectivity index (χ0n) is 31.3. The fourth-order valence-electron chi connectivity index (χ4n) is 5.56. The number of hydrogen-bond donors (Lipinski definition) is 1. The number of esters is 1. The predicted octanol–water partition coefficient (Wildman–Crippen LogP) is 13.9. The van der Waals surface area contributed by atoms with Gasteiger partial charge >= 0.3 is 11.9 Å². The Morgan fingerprint density at radius 1 is 0.479 bits per heavy atom. The first kappa shape index (κ1) is 45.4. The van der Waals surface area contributed by atoms with Crippen molar-refractivity contribution < 1.29 is 19.4 Å². The zero-order chi connectivity index (χ0) is 35.0. The van der Waals surface area contributed by atoms with E-state index in [-0.39, 0.29) is 12.1 Å². The van der Waals surface area contributed by atoms with Crippen molar-refractivity contribution in [3.05, 3.63) is 72.9 Å². The van der Waals surface area contributed by atoms with E-state index in [0.29, 0.717) is 12.8 Å². The third-order valence-corrected chi connectivity index (χ3v) is 8.53. The first-order chi connectivity index (χ1) is 23.6. The molecule has 0 heterocycles. The molecule has 0 saturated carbocycles. The molecule has 1 unspecified atom stereocenters. The van der Waals surface area contributed by atoms with Crippen LogP contribution in [0.5, 0.6) is 0 Å². The maximum absolute atomic E-state index is 12.3. The predicted molar refractivity (Wildman–Crippen MR) is 208 cm³/mol. The van der Waals surface area contributed by atoms with E-state index in [2.05, 4.69) is 86.8 Å². The molecule has 0 amide bonds. The molecule has 0 aliphatic carbocycles. The largest absolute Gasteiger partial charge is 0.481 e. The Hall–Kier alpha value is -2.62. The molecule has 4 nitrogen and oxygen atoms in total. The van der Waals surface area contributed by atoms with Crippen molar-refractivity contribution in [2.45, 2.75) is 193 Å². The lowest BCUT2D eigenvalue weighted by Crippen LogP contribution is -2.17. The molecule has 4 heteroatoms. The van der Waals surface area contributed by atoms with E-state index < -0.39 is 5.97 Å². The van der Waals surface area contributed by atoms with E-state index in [1.807, 2.05) is 0 Å². The van der Waals surface area contributed by atoms with Crippen LogP contribution in [0.15, 0.2) is 72.9 Å². The topological polar surface area (TPSA) is 63.6 Å². The van der Waals surface area contributed by atoms with Crippen LogP contribution < -0.4 is 0 Å². The van der Waals surface area contributed by atoms with Gasteiger partial charge in [-0.1, -0.05) is 177 Å². The molecule has 0 rings (SSSR count). The highest BCUT2D eigenvalue weighted by atomic mass is 16.5. The summed E-state index contributed by atoms with van der Waals surface area (Å²) in [6, 6.07) is 0. The van der Waals surface area contributed by atoms with Gasteiger partial charge in [0.15, 0.2) is 0 Å². The highest BCUT2D eigenvalue weighted by Crippen LogP contribution is 2.16. The van der Waals surface area contributed by atoms with Gasteiger partial charge in [0.2, 0.25) is 0 Å². The SMILES string of the molecule is CC/C=C\C/C=C\C/C=C\C/C=C\C/C=C\C/C=C\CCC(=O)OC(CC)CCCCCCCCCCCCCCCCCCC(=O)O. The van der Waals surface area contributed by atoms with Gasteiger partial charge in [-0.2, -0.15) is 0 Å². The lowest BCUT2D eigenvalue weighted by atomic mass is 10.0. The third kappa shape index (κ3) is 37.8. The fourth-order valence-corrected chi connectivity index (χ4v) is 5.56.